The van der Waals surface area contributed by atoms with E-state index in [-0.39, 0.29) is 0 Å². The highest BCUT2D eigenvalue weighted by Crippen LogP contribution is 2.15. The molecule has 1 rings (SSSR count). The predicted octanol–water partition coefficient (Wildman–Crippen LogP) is 1.19. The van der Waals surface area contributed by atoms with Crippen molar-refractivity contribution in [3.05, 3.63) is 29.8 Å². The fourth-order valence-corrected chi connectivity index (χ4v) is 1.64. The number of methoxy groups -OCH3 is 1. The quantitative estimate of drug-likeness (QED) is 0.692. The molecule has 0 aromatic heterocycles. The molecule has 0 aliphatic carbocycles. The first-order valence-corrected chi connectivity index (χ1v) is 6.25. The number of hydrogen-bond acceptors (Lipinski definition) is 4. The van der Waals surface area contributed by atoms with Gasteiger partial charge in [-0.15, -0.1) is 0 Å². The summed E-state index contributed by atoms with van der Waals surface area (Å²) in [7, 11) is 1.65. The zero-order valence-corrected chi connectivity index (χ0v) is 11.5. The number of rotatable bonds is 8. The van der Waals surface area contributed by atoms with E-state index in [1.54, 1.807) is 14.0 Å². The van der Waals surface area contributed by atoms with E-state index in [0.29, 0.717) is 26.1 Å². The van der Waals surface area contributed by atoms with Gasteiger partial charge in [-0.25, -0.2) is 0 Å². The molecule has 1 aromatic carbocycles. The van der Waals surface area contributed by atoms with Crippen molar-refractivity contribution < 1.29 is 14.3 Å². The monoisotopic (exact) mass is 266 g/mol. The molecule has 0 fully saturated rings. The Kier molecular flexibility index (Phi) is 5.79. The summed E-state index contributed by atoms with van der Waals surface area (Å²) in [5, 5.41) is 0. The Balaban J connectivity index is 2.37. The SMILES string of the molecule is COCc1cccc(OCCCC(C)(N)C(N)=O)c1. The average Bonchev–Trinajstić information content (AvgIpc) is 2.35. The molecule has 19 heavy (non-hydrogen) atoms. The van der Waals surface area contributed by atoms with Crippen LogP contribution in [-0.4, -0.2) is 25.2 Å². The van der Waals surface area contributed by atoms with Gasteiger partial charge in [0.25, 0.3) is 0 Å². The number of carbonyl (C=O) groups excluding carboxylic acids is 1. The number of ether oxygens (including phenoxy) is 2. The Morgan fingerprint density at radius 2 is 2.16 bits per heavy atom. The Morgan fingerprint density at radius 3 is 2.79 bits per heavy atom. The third-order valence-electron chi connectivity index (χ3n) is 2.88. The van der Waals surface area contributed by atoms with Crippen LogP contribution in [0.1, 0.15) is 25.3 Å². The first-order valence-electron chi connectivity index (χ1n) is 6.25. The van der Waals surface area contributed by atoms with E-state index in [1.165, 1.54) is 0 Å². The van der Waals surface area contributed by atoms with Crippen LogP contribution in [0.5, 0.6) is 5.75 Å². The Hall–Kier alpha value is -1.59. The molecule has 0 saturated heterocycles. The van der Waals surface area contributed by atoms with Gasteiger partial charge in [-0.3, -0.25) is 4.79 Å². The average molecular weight is 266 g/mol. The Bertz CT molecular complexity index is 419. The molecule has 0 heterocycles. The van der Waals surface area contributed by atoms with Gasteiger partial charge >= 0.3 is 0 Å². The van der Waals surface area contributed by atoms with E-state index in [2.05, 4.69) is 0 Å². The molecule has 0 aliphatic rings. The van der Waals surface area contributed by atoms with Crippen LogP contribution >= 0.6 is 0 Å². The standard InChI is InChI=1S/C14H22N2O3/c1-14(16,13(15)17)7-4-8-19-12-6-3-5-11(9-12)10-18-2/h3,5-6,9H,4,7-8,10,16H2,1-2H3,(H2,15,17). The summed E-state index contributed by atoms with van der Waals surface area (Å²) in [5.74, 6) is 0.293. The van der Waals surface area contributed by atoms with Gasteiger partial charge < -0.3 is 20.9 Å². The van der Waals surface area contributed by atoms with Gasteiger partial charge in [0.2, 0.25) is 5.91 Å². The number of amides is 1. The van der Waals surface area contributed by atoms with E-state index in [9.17, 15) is 4.79 Å². The highest BCUT2D eigenvalue weighted by Gasteiger charge is 2.24. The maximum Gasteiger partial charge on any atom is 0.237 e. The van der Waals surface area contributed by atoms with Gasteiger partial charge in [0.1, 0.15) is 5.75 Å². The van der Waals surface area contributed by atoms with Crippen molar-refractivity contribution in [2.75, 3.05) is 13.7 Å². The number of primary amides is 1. The molecule has 106 valence electrons. The van der Waals surface area contributed by atoms with Crippen molar-refractivity contribution in [2.24, 2.45) is 11.5 Å². The topological polar surface area (TPSA) is 87.6 Å². The summed E-state index contributed by atoms with van der Waals surface area (Å²) in [5.41, 5.74) is 11.0. The van der Waals surface area contributed by atoms with Crippen molar-refractivity contribution in [1.29, 1.82) is 0 Å². The Labute approximate surface area is 113 Å². The molecule has 1 atom stereocenters. The second-order valence-electron chi connectivity index (χ2n) is 4.81. The van der Waals surface area contributed by atoms with E-state index < -0.39 is 11.4 Å². The number of benzene rings is 1. The predicted molar refractivity (Wildman–Crippen MR) is 73.7 cm³/mol. The lowest BCUT2D eigenvalue weighted by Gasteiger charge is -2.20. The summed E-state index contributed by atoms with van der Waals surface area (Å²) in [4.78, 5) is 11.0. The normalized spacial score (nSPS) is 13.8. The van der Waals surface area contributed by atoms with E-state index in [0.717, 1.165) is 11.3 Å². The molecule has 1 amide bonds. The van der Waals surface area contributed by atoms with Crippen molar-refractivity contribution in [2.45, 2.75) is 31.9 Å². The van der Waals surface area contributed by atoms with Crippen molar-refractivity contribution >= 4 is 5.91 Å². The zero-order valence-electron chi connectivity index (χ0n) is 11.5. The van der Waals surface area contributed by atoms with Gasteiger partial charge in [0, 0.05) is 7.11 Å². The minimum atomic E-state index is -0.971. The molecule has 0 aliphatic heterocycles. The third-order valence-corrected chi connectivity index (χ3v) is 2.88. The summed E-state index contributed by atoms with van der Waals surface area (Å²) in [6.45, 7) is 2.69. The van der Waals surface area contributed by atoms with Gasteiger partial charge in [0.15, 0.2) is 0 Å². The molecule has 1 unspecified atom stereocenters. The van der Waals surface area contributed by atoms with Gasteiger partial charge in [-0.05, 0) is 37.5 Å². The summed E-state index contributed by atoms with van der Waals surface area (Å²) >= 11 is 0. The van der Waals surface area contributed by atoms with Crippen LogP contribution in [-0.2, 0) is 16.1 Å². The molecule has 0 spiro atoms. The second kappa shape index (κ2) is 7.11. The molecule has 0 radical (unpaired) electrons. The highest BCUT2D eigenvalue weighted by atomic mass is 16.5. The molecule has 4 N–H and O–H groups in total. The van der Waals surface area contributed by atoms with E-state index >= 15 is 0 Å². The van der Waals surface area contributed by atoms with Crippen molar-refractivity contribution in [3.8, 4) is 5.75 Å². The van der Waals surface area contributed by atoms with Gasteiger partial charge in [-0.2, -0.15) is 0 Å². The van der Waals surface area contributed by atoms with Crippen molar-refractivity contribution in [1.82, 2.24) is 0 Å². The smallest absolute Gasteiger partial charge is 0.237 e. The molecule has 1 aromatic rings. The summed E-state index contributed by atoms with van der Waals surface area (Å²) < 4.78 is 10.7. The number of carbonyl (C=O) groups is 1. The van der Waals surface area contributed by atoms with Crippen LogP contribution in [0.4, 0.5) is 0 Å². The first kappa shape index (κ1) is 15.5. The van der Waals surface area contributed by atoms with Crippen molar-refractivity contribution in [3.63, 3.8) is 0 Å². The summed E-state index contributed by atoms with van der Waals surface area (Å²) in [6.07, 6.45) is 1.17. The van der Waals surface area contributed by atoms with Crippen LogP contribution in [0.25, 0.3) is 0 Å². The van der Waals surface area contributed by atoms with E-state index in [4.69, 9.17) is 20.9 Å². The Morgan fingerprint density at radius 1 is 1.42 bits per heavy atom. The fourth-order valence-electron chi connectivity index (χ4n) is 1.64. The molecule has 5 nitrogen and oxygen atoms in total. The molecule has 0 saturated carbocycles. The van der Waals surface area contributed by atoms with Crippen LogP contribution in [0.2, 0.25) is 0 Å². The molecular weight excluding hydrogens is 244 g/mol. The third kappa shape index (κ3) is 5.28. The zero-order chi connectivity index (χ0) is 14.3. The largest absolute Gasteiger partial charge is 0.494 e. The van der Waals surface area contributed by atoms with Crippen LogP contribution in [0.3, 0.4) is 0 Å². The molecular formula is C14H22N2O3. The van der Waals surface area contributed by atoms with Gasteiger partial charge in [-0.1, -0.05) is 12.1 Å². The highest BCUT2D eigenvalue weighted by molar-refractivity contribution is 5.83. The second-order valence-corrected chi connectivity index (χ2v) is 4.81. The lowest BCUT2D eigenvalue weighted by molar-refractivity contribution is -0.122. The molecule has 5 heteroatoms. The van der Waals surface area contributed by atoms with Gasteiger partial charge in [0.05, 0.1) is 18.8 Å². The first-order chi connectivity index (χ1) is 8.95. The number of hydrogen-bond donors (Lipinski definition) is 2. The van der Waals surface area contributed by atoms with Crippen LogP contribution in [0, 0.1) is 0 Å². The minimum Gasteiger partial charge on any atom is -0.494 e. The lowest BCUT2D eigenvalue weighted by atomic mass is 9.97. The number of nitrogens with two attached hydrogens (primary N) is 2. The van der Waals surface area contributed by atoms with Crippen LogP contribution in [0.15, 0.2) is 24.3 Å². The lowest BCUT2D eigenvalue weighted by Crippen LogP contribution is -2.49. The summed E-state index contributed by atoms with van der Waals surface area (Å²) in [6, 6.07) is 7.70. The fraction of sp³-hybridized carbons (Fsp3) is 0.500. The van der Waals surface area contributed by atoms with Crippen LogP contribution < -0.4 is 16.2 Å². The maximum atomic E-state index is 11.0. The minimum absolute atomic E-state index is 0.491. The maximum absolute atomic E-state index is 11.0. The molecule has 0 bridgehead atoms. The van der Waals surface area contributed by atoms with E-state index in [1.807, 2.05) is 24.3 Å².